The van der Waals surface area contributed by atoms with Gasteiger partial charge in [0.2, 0.25) is 0 Å². The van der Waals surface area contributed by atoms with Gasteiger partial charge < -0.3 is 0 Å². The summed E-state index contributed by atoms with van der Waals surface area (Å²) < 4.78 is 28.7. The minimum atomic E-state index is -3.89. The van der Waals surface area contributed by atoms with Crippen LogP contribution in [0.1, 0.15) is 12.5 Å². The average molecular weight is 423 g/mol. The summed E-state index contributed by atoms with van der Waals surface area (Å²) >= 11 is 2.01. The van der Waals surface area contributed by atoms with Gasteiger partial charge in [-0.15, -0.1) is 15.7 Å². The van der Waals surface area contributed by atoms with Gasteiger partial charge in [0.05, 0.1) is 9.83 Å². The van der Waals surface area contributed by atoms with Crippen LogP contribution in [0.2, 0.25) is 0 Å². The van der Waals surface area contributed by atoms with Crippen molar-refractivity contribution < 1.29 is 18.1 Å². The van der Waals surface area contributed by atoms with Gasteiger partial charge in [-0.2, -0.15) is 8.42 Å². The van der Waals surface area contributed by atoms with E-state index in [1.807, 2.05) is 0 Å². The number of carbonyl (C=O) groups excluding carboxylic acids is 1. The normalized spacial score (nSPS) is 17.8. The molecule has 1 aliphatic heterocycles. The van der Waals surface area contributed by atoms with Gasteiger partial charge in [-0.3, -0.25) is 19.8 Å². The highest BCUT2D eigenvalue weighted by Gasteiger charge is 2.34. The number of rotatable bonds is 5. The number of non-ortho nitro benzene ring substituents is 1. The van der Waals surface area contributed by atoms with Gasteiger partial charge in [-0.05, 0) is 53.9 Å². The van der Waals surface area contributed by atoms with E-state index in [0.717, 1.165) is 23.1 Å². The van der Waals surface area contributed by atoms with E-state index in [1.54, 1.807) is 24.4 Å². The topological polar surface area (TPSA) is 110 Å². The summed E-state index contributed by atoms with van der Waals surface area (Å²) in [7, 11) is -3.89. The van der Waals surface area contributed by atoms with Crippen LogP contribution in [0.15, 0.2) is 55.3 Å². The molecule has 1 aromatic heterocycles. The molecule has 0 aliphatic carbocycles. The first-order valence-corrected chi connectivity index (χ1v) is 10.8. The molecule has 1 saturated heterocycles. The molecule has 0 N–H and O–H groups in total. The Labute approximate surface area is 163 Å². The molecule has 1 aliphatic rings. The van der Waals surface area contributed by atoms with Crippen LogP contribution in [-0.2, 0) is 14.8 Å². The fourth-order valence-electron chi connectivity index (χ4n) is 2.26. The third kappa shape index (κ3) is 4.10. The molecule has 0 unspecified atom stereocenters. The van der Waals surface area contributed by atoms with E-state index in [9.17, 15) is 23.3 Å². The predicted octanol–water partition coefficient (Wildman–Crippen LogP) is 3.34. The van der Waals surface area contributed by atoms with Crippen molar-refractivity contribution in [2.45, 2.75) is 11.1 Å². The molecule has 11 heteroatoms. The lowest BCUT2D eigenvalue weighted by molar-refractivity contribution is -0.384. The lowest BCUT2D eigenvalue weighted by Gasteiger charge is -2.11. The molecule has 27 heavy (non-hydrogen) atoms. The van der Waals surface area contributed by atoms with Crippen molar-refractivity contribution in [1.29, 1.82) is 0 Å². The number of amides is 1. The fraction of sp³-hybridized carbons (Fsp3) is 0.125. The molecule has 0 saturated carbocycles. The zero-order chi connectivity index (χ0) is 19.6. The molecule has 0 bridgehead atoms. The monoisotopic (exact) mass is 423 g/mol. The van der Waals surface area contributed by atoms with Gasteiger partial charge in [-0.25, -0.2) is 0 Å². The molecule has 0 atom stereocenters. The van der Waals surface area contributed by atoms with Crippen LogP contribution >= 0.6 is 23.1 Å². The number of thiophene rings is 1. The molecule has 0 spiro atoms. The zero-order valence-corrected chi connectivity index (χ0v) is 16.4. The number of nitrogens with zero attached hydrogens (tertiary/aromatic N) is 3. The second kappa shape index (κ2) is 7.62. The molecule has 140 valence electrons. The van der Waals surface area contributed by atoms with E-state index in [1.165, 1.54) is 35.2 Å². The van der Waals surface area contributed by atoms with Crippen molar-refractivity contribution in [3.8, 4) is 0 Å². The molecule has 8 nitrogen and oxygen atoms in total. The van der Waals surface area contributed by atoms with Crippen LogP contribution in [0, 0.1) is 10.1 Å². The zero-order valence-electron chi connectivity index (χ0n) is 13.9. The largest absolute Gasteiger partial charge is 0.294 e. The Balaban J connectivity index is 1.92. The third-order valence-corrected chi connectivity index (χ3v) is 7.32. The van der Waals surface area contributed by atoms with Gasteiger partial charge in [0.15, 0.2) is 5.17 Å². The summed E-state index contributed by atoms with van der Waals surface area (Å²) in [6.45, 7) is 1.99. The molecular weight excluding hydrogens is 410 g/mol. The van der Waals surface area contributed by atoms with E-state index >= 15 is 0 Å². The number of nitro groups is 1. The van der Waals surface area contributed by atoms with Crippen LogP contribution in [0.4, 0.5) is 5.69 Å². The number of benzene rings is 1. The van der Waals surface area contributed by atoms with Crippen LogP contribution in [0.3, 0.4) is 0 Å². The fourth-order valence-corrected chi connectivity index (χ4v) is 5.47. The second-order valence-corrected chi connectivity index (χ2v) is 9.08. The lowest BCUT2D eigenvalue weighted by atomic mass is 10.2. The third-order valence-electron chi connectivity index (χ3n) is 3.55. The number of carbonyl (C=O) groups is 1. The Bertz CT molecular complexity index is 1040. The first kappa shape index (κ1) is 19.3. The molecule has 2 heterocycles. The quantitative estimate of drug-likeness (QED) is 0.414. The van der Waals surface area contributed by atoms with Crippen molar-refractivity contribution in [3.05, 3.63) is 62.4 Å². The van der Waals surface area contributed by atoms with Crippen molar-refractivity contribution in [1.82, 2.24) is 4.90 Å². The molecule has 2 aromatic rings. The highest BCUT2D eigenvalue weighted by atomic mass is 32.2. The van der Waals surface area contributed by atoms with Gasteiger partial charge in [0, 0.05) is 18.7 Å². The number of hydrogen-bond donors (Lipinski definition) is 0. The van der Waals surface area contributed by atoms with E-state index in [-0.39, 0.29) is 27.5 Å². The smallest absolute Gasteiger partial charge is 0.286 e. The Hall–Kier alpha value is -2.50. The Kier molecular flexibility index (Phi) is 5.44. The molecule has 3 rings (SSSR count). The highest BCUT2D eigenvalue weighted by molar-refractivity contribution is 8.19. The average Bonchev–Trinajstić information content (AvgIpc) is 3.25. The van der Waals surface area contributed by atoms with Crippen molar-refractivity contribution in [3.63, 3.8) is 0 Å². The molecule has 1 aromatic carbocycles. The van der Waals surface area contributed by atoms with Crippen LogP contribution < -0.4 is 0 Å². The van der Waals surface area contributed by atoms with Crippen molar-refractivity contribution in [2.75, 3.05) is 6.54 Å². The second-order valence-electron chi connectivity index (χ2n) is 5.29. The maximum Gasteiger partial charge on any atom is 0.294 e. The summed E-state index contributed by atoms with van der Waals surface area (Å²) in [6.07, 6.45) is 1.56. The minimum Gasteiger partial charge on any atom is -0.286 e. The number of sulfonamides is 1. The predicted molar refractivity (Wildman–Crippen MR) is 105 cm³/mol. The maximum absolute atomic E-state index is 12.6. The molecular formula is C16H13N3O5S3. The Morgan fingerprint density at radius 2 is 1.96 bits per heavy atom. The standard InChI is InChI=1S/C16H13N3O5S3/c1-2-18-15(20)13(10-11-5-7-12(8-6-11)19(21)22)26-16(18)17-27(23,24)14-4-3-9-25-14/h3-10H,2H2,1H3. The first-order chi connectivity index (χ1) is 12.8. The van der Waals surface area contributed by atoms with E-state index in [2.05, 4.69) is 4.40 Å². The molecule has 1 amide bonds. The van der Waals surface area contributed by atoms with Gasteiger partial charge >= 0.3 is 0 Å². The minimum absolute atomic E-state index is 0.0537. The molecule has 1 fully saturated rings. The van der Waals surface area contributed by atoms with Gasteiger partial charge in [-0.1, -0.05) is 6.07 Å². The Morgan fingerprint density at radius 3 is 2.52 bits per heavy atom. The first-order valence-electron chi connectivity index (χ1n) is 7.66. The van der Waals surface area contributed by atoms with E-state index in [4.69, 9.17) is 0 Å². The number of thioether (sulfide) groups is 1. The van der Waals surface area contributed by atoms with Gasteiger partial charge in [0.1, 0.15) is 4.21 Å². The highest BCUT2D eigenvalue weighted by Crippen LogP contribution is 2.34. The van der Waals surface area contributed by atoms with Crippen LogP contribution in [0.25, 0.3) is 6.08 Å². The SMILES string of the molecule is CCN1C(=O)C(=Cc2ccc([N+](=O)[O-])cc2)SC1=NS(=O)(=O)c1cccs1. The maximum atomic E-state index is 12.6. The summed E-state index contributed by atoms with van der Waals surface area (Å²) in [6, 6.07) is 8.78. The summed E-state index contributed by atoms with van der Waals surface area (Å²) in [4.78, 5) is 24.3. The van der Waals surface area contributed by atoms with E-state index < -0.39 is 14.9 Å². The lowest BCUT2D eigenvalue weighted by Crippen LogP contribution is -2.29. The van der Waals surface area contributed by atoms with Crippen molar-refractivity contribution in [2.24, 2.45) is 4.40 Å². The van der Waals surface area contributed by atoms with Crippen LogP contribution in [0.5, 0.6) is 0 Å². The number of amidine groups is 1. The Morgan fingerprint density at radius 1 is 1.26 bits per heavy atom. The molecule has 0 radical (unpaired) electrons. The number of hydrogen-bond acceptors (Lipinski definition) is 7. The summed E-state index contributed by atoms with van der Waals surface area (Å²) in [5, 5.41) is 12.4. The van der Waals surface area contributed by atoms with Crippen molar-refractivity contribution >= 4 is 56.0 Å². The summed E-state index contributed by atoms with van der Waals surface area (Å²) in [5.41, 5.74) is 0.539. The van der Waals surface area contributed by atoms with E-state index in [0.29, 0.717) is 10.5 Å². The number of nitro benzene ring substituents is 1. The number of likely N-dealkylation sites (N-methyl/N-ethyl adjacent to an activating group) is 1. The van der Waals surface area contributed by atoms with Gasteiger partial charge in [0.25, 0.3) is 21.6 Å². The van der Waals surface area contributed by atoms with Crippen LogP contribution in [-0.4, -0.2) is 35.9 Å². The summed E-state index contributed by atoms with van der Waals surface area (Å²) in [5.74, 6) is -0.360.